The fourth-order valence-electron chi connectivity index (χ4n) is 2.60. The van der Waals surface area contributed by atoms with Gasteiger partial charge >= 0.3 is 0 Å². The molecule has 0 bridgehead atoms. The van der Waals surface area contributed by atoms with E-state index in [2.05, 4.69) is 10.6 Å². The molecule has 0 aliphatic carbocycles. The molecule has 9 heteroatoms. The monoisotopic (exact) mass is 395 g/mol. The van der Waals surface area contributed by atoms with Crippen LogP contribution in [0.25, 0.3) is 0 Å². The van der Waals surface area contributed by atoms with Crippen molar-refractivity contribution < 1.29 is 13.2 Å². The molecule has 136 valence electrons. The molecule has 0 saturated carbocycles. The highest BCUT2D eigenvalue weighted by atomic mass is 35.5. The number of benzene rings is 1. The van der Waals surface area contributed by atoms with Crippen molar-refractivity contribution in [1.29, 1.82) is 0 Å². The van der Waals surface area contributed by atoms with Gasteiger partial charge in [0, 0.05) is 25.3 Å². The molecule has 1 aromatic carbocycles. The Hall–Kier alpha value is -0.860. The van der Waals surface area contributed by atoms with Gasteiger partial charge in [0.05, 0.1) is 10.9 Å². The lowest BCUT2D eigenvalue weighted by molar-refractivity contribution is -0.119. The van der Waals surface area contributed by atoms with E-state index in [9.17, 15) is 13.2 Å². The van der Waals surface area contributed by atoms with Crippen LogP contribution in [-0.4, -0.2) is 44.8 Å². The van der Waals surface area contributed by atoms with E-state index in [4.69, 9.17) is 11.6 Å². The molecule has 6 nitrogen and oxygen atoms in total. The molecule has 1 aromatic rings. The summed E-state index contributed by atoms with van der Waals surface area (Å²) < 4.78 is 26.6. The molecule has 2 rings (SSSR count). The first-order valence-electron chi connectivity index (χ1n) is 7.71. The van der Waals surface area contributed by atoms with Gasteiger partial charge < -0.3 is 10.6 Å². The van der Waals surface area contributed by atoms with Crippen molar-refractivity contribution in [3.05, 3.63) is 23.2 Å². The summed E-state index contributed by atoms with van der Waals surface area (Å²) in [5.41, 5.74) is 0.442. The predicted molar refractivity (Wildman–Crippen MR) is 98.4 cm³/mol. The van der Waals surface area contributed by atoms with E-state index in [1.54, 1.807) is 19.9 Å². The number of amides is 1. The molecule has 1 unspecified atom stereocenters. The van der Waals surface area contributed by atoms with Gasteiger partial charge in [-0.25, -0.2) is 8.42 Å². The van der Waals surface area contributed by atoms with E-state index in [-0.39, 0.29) is 34.2 Å². The van der Waals surface area contributed by atoms with Crippen LogP contribution in [0.3, 0.4) is 0 Å². The highest BCUT2D eigenvalue weighted by Crippen LogP contribution is 2.28. The predicted octanol–water partition coefficient (Wildman–Crippen LogP) is 2.34. The maximum absolute atomic E-state index is 12.6. The summed E-state index contributed by atoms with van der Waals surface area (Å²) in [5, 5.41) is 6.06. The summed E-state index contributed by atoms with van der Waals surface area (Å²) in [5.74, 6) is -0.197. The molecule has 0 spiro atoms. The van der Waals surface area contributed by atoms with Gasteiger partial charge in [-0.2, -0.15) is 4.31 Å². The minimum absolute atomic E-state index is 0. The SMILES string of the molecule is CCN(CC)S(=O)(=O)c1cc(NC(=O)C2CCNC2)ccc1Cl.Cl. The second kappa shape index (κ2) is 9.01. The maximum Gasteiger partial charge on any atom is 0.244 e. The normalized spacial score (nSPS) is 17.6. The van der Waals surface area contributed by atoms with Crippen molar-refractivity contribution in [1.82, 2.24) is 9.62 Å². The number of carbonyl (C=O) groups is 1. The summed E-state index contributed by atoms with van der Waals surface area (Å²) in [7, 11) is -3.67. The summed E-state index contributed by atoms with van der Waals surface area (Å²) in [4.78, 5) is 12.2. The van der Waals surface area contributed by atoms with Gasteiger partial charge in [0.2, 0.25) is 15.9 Å². The molecule has 1 heterocycles. The molecular formula is C15H23Cl2N3O3S. The minimum Gasteiger partial charge on any atom is -0.326 e. The standard InChI is InChI=1S/C15H22ClN3O3S.ClH/c1-3-19(4-2)23(21,22)14-9-12(5-6-13(14)16)18-15(20)11-7-8-17-10-11;/h5-6,9,11,17H,3-4,7-8,10H2,1-2H3,(H,18,20);1H. The zero-order valence-electron chi connectivity index (χ0n) is 13.7. The number of rotatable bonds is 6. The number of sulfonamides is 1. The van der Waals surface area contributed by atoms with Crippen LogP contribution < -0.4 is 10.6 Å². The molecule has 1 atom stereocenters. The van der Waals surface area contributed by atoms with Crippen LogP contribution in [-0.2, 0) is 14.8 Å². The Labute approximate surface area is 154 Å². The summed E-state index contributed by atoms with van der Waals surface area (Å²) in [6.07, 6.45) is 0.782. The summed E-state index contributed by atoms with van der Waals surface area (Å²) >= 11 is 6.07. The smallest absolute Gasteiger partial charge is 0.244 e. The van der Waals surface area contributed by atoms with E-state index in [1.165, 1.54) is 16.4 Å². The van der Waals surface area contributed by atoms with Crippen LogP contribution in [0, 0.1) is 5.92 Å². The number of nitrogens with one attached hydrogen (secondary N) is 2. The molecule has 1 fully saturated rings. The molecule has 2 N–H and O–H groups in total. The average Bonchev–Trinajstić information content (AvgIpc) is 3.04. The zero-order chi connectivity index (χ0) is 17.0. The first-order valence-corrected chi connectivity index (χ1v) is 9.53. The second-order valence-corrected chi connectivity index (χ2v) is 7.73. The van der Waals surface area contributed by atoms with Gasteiger partial charge in [-0.3, -0.25) is 4.79 Å². The topological polar surface area (TPSA) is 78.5 Å². The quantitative estimate of drug-likeness (QED) is 0.774. The number of anilines is 1. The summed E-state index contributed by atoms with van der Waals surface area (Å²) in [6.45, 7) is 5.73. The first-order chi connectivity index (χ1) is 10.9. The Morgan fingerprint density at radius 1 is 1.38 bits per heavy atom. The van der Waals surface area contributed by atoms with E-state index >= 15 is 0 Å². The third kappa shape index (κ3) is 4.61. The van der Waals surface area contributed by atoms with Gasteiger partial charge in [-0.05, 0) is 31.2 Å². The van der Waals surface area contributed by atoms with Gasteiger partial charge in [0.1, 0.15) is 4.90 Å². The average molecular weight is 396 g/mol. The Bertz CT molecular complexity index is 673. The van der Waals surface area contributed by atoms with Crippen molar-refractivity contribution in [2.45, 2.75) is 25.2 Å². The van der Waals surface area contributed by atoms with Crippen LogP contribution in [0.15, 0.2) is 23.1 Å². The Morgan fingerprint density at radius 3 is 2.58 bits per heavy atom. The fraction of sp³-hybridized carbons (Fsp3) is 0.533. The lowest BCUT2D eigenvalue weighted by Gasteiger charge is -2.20. The molecular weight excluding hydrogens is 373 g/mol. The van der Waals surface area contributed by atoms with Crippen LogP contribution in [0.5, 0.6) is 0 Å². The van der Waals surface area contributed by atoms with Crippen molar-refractivity contribution in [3.63, 3.8) is 0 Å². The number of nitrogens with zero attached hydrogens (tertiary/aromatic N) is 1. The summed E-state index contributed by atoms with van der Waals surface area (Å²) in [6, 6.07) is 4.54. The largest absolute Gasteiger partial charge is 0.326 e. The van der Waals surface area contributed by atoms with Gasteiger partial charge in [-0.15, -0.1) is 12.4 Å². The Morgan fingerprint density at radius 2 is 2.04 bits per heavy atom. The Balaban J connectivity index is 0.00000288. The maximum atomic E-state index is 12.6. The van der Waals surface area contributed by atoms with E-state index in [1.807, 2.05) is 0 Å². The van der Waals surface area contributed by atoms with Crippen LogP contribution in [0.1, 0.15) is 20.3 Å². The lowest BCUT2D eigenvalue weighted by atomic mass is 10.1. The van der Waals surface area contributed by atoms with Gasteiger partial charge in [0.25, 0.3) is 0 Å². The third-order valence-electron chi connectivity index (χ3n) is 3.95. The number of halogens is 2. The molecule has 1 aliphatic heterocycles. The number of hydrogen-bond acceptors (Lipinski definition) is 4. The highest BCUT2D eigenvalue weighted by Gasteiger charge is 2.26. The zero-order valence-corrected chi connectivity index (χ0v) is 16.1. The lowest BCUT2D eigenvalue weighted by Crippen LogP contribution is -2.31. The minimum atomic E-state index is -3.67. The van der Waals surface area contributed by atoms with Crippen LogP contribution in [0.4, 0.5) is 5.69 Å². The van der Waals surface area contributed by atoms with E-state index < -0.39 is 10.0 Å². The van der Waals surface area contributed by atoms with Crippen LogP contribution in [0.2, 0.25) is 5.02 Å². The van der Waals surface area contributed by atoms with Crippen molar-refractivity contribution in [3.8, 4) is 0 Å². The third-order valence-corrected chi connectivity index (χ3v) is 6.48. The fourth-order valence-corrected chi connectivity index (χ4v) is 4.56. The van der Waals surface area contributed by atoms with Crippen molar-refractivity contribution in [2.75, 3.05) is 31.5 Å². The van der Waals surface area contributed by atoms with E-state index in [0.29, 0.717) is 25.3 Å². The molecule has 0 radical (unpaired) electrons. The Kier molecular flexibility index (Phi) is 7.95. The van der Waals surface area contributed by atoms with Gasteiger partial charge in [0.15, 0.2) is 0 Å². The number of hydrogen-bond donors (Lipinski definition) is 2. The van der Waals surface area contributed by atoms with Crippen molar-refractivity contribution in [2.24, 2.45) is 5.92 Å². The second-order valence-electron chi connectivity index (χ2n) is 5.41. The first kappa shape index (κ1) is 21.2. The molecule has 24 heavy (non-hydrogen) atoms. The number of carbonyl (C=O) groups excluding carboxylic acids is 1. The molecule has 1 amide bonds. The highest BCUT2D eigenvalue weighted by molar-refractivity contribution is 7.89. The molecule has 1 saturated heterocycles. The molecule has 1 aliphatic rings. The van der Waals surface area contributed by atoms with E-state index in [0.717, 1.165) is 13.0 Å². The van der Waals surface area contributed by atoms with Crippen LogP contribution >= 0.6 is 24.0 Å². The van der Waals surface area contributed by atoms with Crippen molar-refractivity contribution >= 4 is 45.6 Å². The van der Waals surface area contributed by atoms with Gasteiger partial charge in [-0.1, -0.05) is 25.4 Å². The molecule has 0 aromatic heterocycles.